The third kappa shape index (κ3) is 5.91. The van der Waals surface area contributed by atoms with Crippen molar-refractivity contribution in [2.24, 2.45) is 0 Å². The highest BCUT2D eigenvalue weighted by Gasteiger charge is 2.14. The molecule has 1 saturated heterocycles. The van der Waals surface area contributed by atoms with Gasteiger partial charge in [0.1, 0.15) is 12.4 Å². The van der Waals surface area contributed by atoms with Crippen LogP contribution in [0.5, 0.6) is 11.5 Å². The molecule has 33 heavy (non-hydrogen) atoms. The second-order valence-corrected chi connectivity index (χ2v) is 8.84. The normalized spacial score (nSPS) is 13.6. The van der Waals surface area contributed by atoms with E-state index in [4.69, 9.17) is 25.8 Å². The second-order valence-electron chi connectivity index (χ2n) is 7.58. The quantitative estimate of drug-likeness (QED) is 0.368. The molecule has 3 aromatic rings. The van der Waals surface area contributed by atoms with Crippen LogP contribution in [0.3, 0.4) is 0 Å². The number of nitrogens with one attached hydrogen (secondary N) is 1. The summed E-state index contributed by atoms with van der Waals surface area (Å²) in [5.74, 6) is 0.661. The van der Waals surface area contributed by atoms with Crippen LogP contribution < -0.4 is 19.7 Å². The van der Waals surface area contributed by atoms with Crippen LogP contribution in [0.25, 0.3) is 0 Å². The van der Waals surface area contributed by atoms with Crippen LogP contribution in [-0.4, -0.2) is 33.4 Å². The van der Waals surface area contributed by atoms with Gasteiger partial charge in [0.25, 0.3) is 0 Å². The standard InChI is InChI=1S/C25H25BrClFN2O3/c1-31-24-13-17(15-29-18-5-7-19(8-6-18)30-9-11-32-12-10-30)21(26)14-25(24)33-16-20-22(27)3-2-4-23(20)28/h2-8,13-14,29H,9-12,15-16H2,1H3. The molecule has 8 heteroatoms. The Morgan fingerprint density at radius 2 is 1.85 bits per heavy atom. The summed E-state index contributed by atoms with van der Waals surface area (Å²) in [5.41, 5.74) is 3.53. The van der Waals surface area contributed by atoms with Gasteiger partial charge in [-0.1, -0.05) is 33.6 Å². The Morgan fingerprint density at radius 1 is 1.09 bits per heavy atom. The first-order valence-electron chi connectivity index (χ1n) is 10.6. The first kappa shape index (κ1) is 23.7. The summed E-state index contributed by atoms with van der Waals surface area (Å²) in [6.07, 6.45) is 0. The summed E-state index contributed by atoms with van der Waals surface area (Å²) in [6, 6.07) is 16.7. The van der Waals surface area contributed by atoms with Gasteiger partial charge in [0.05, 0.1) is 25.3 Å². The second kappa shape index (κ2) is 11.1. The third-order valence-corrected chi connectivity index (χ3v) is 6.59. The number of hydrogen-bond donors (Lipinski definition) is 1. The number of ether oxygens (including phenoxy) is 3. The maximum atomic E-state index is 14.0. The molecule has 1 fully saturated rings. The van der Waals surface area contributed by atoms with Gasteiger partial charge in [0.2, 0.25) is 0 Å². The van der Waals surface area contributed by atoms with Gasteiger partial charge in [-0.05, 0) is 54.1 Å². The van der Waals surface area contributed by atoms with E-state index in [9.17, 15) is 4.39 Å². The van der Waals surface area contributed by atoms with E-state index in [0.29, 0.717) is 28.6 Å². The van der Waals surface area contributed by atoms with Crippen molar-refractivity contribution in [3.8, 4) is 11.5 Å². The van der Waals surface area contributed by atoms with Crippen molar-refractivity contribution in [3.63, 3.8) is 0 Å². The van der Waals surface area contributed by atoms with Gasteiger partial charge in [-0.15, -0.1) is 0 Å². The number of anilines is 2. The van der Waals surface area contributed by atoms with Crippen LogP contribution in [0.15, 0.2) is 59.1 Å². The minimum atomic E-state index is -0.402. The molecule has 0 bridgehead atoms. The average molecular weight is 536 g/mol. The summed E-state index contributed by atoms with van der Waals surface area (Å²) < 4.78 is 31.7. The van der Waals surface area contributed by atoms with Crippen LogP contribution in [0.4, 0.5) is 15.8 Å². The minimum absolute atomic E-state index is 0.00138. The monoisotopic (exact) mass is 534 g/mol. The fourth-order valence-electron chi connectivity index (χ4n) is 3.61. The number of nitrogens with zero attached hydrogens (tertiary/aromatic N) is 1. The molecule has 1 N–H and O–H groups in total. The number of hydrogen-bond acceptors (Lipinski definition) is 5. The molecule has 1 aliphatic rings. The van der Waals surface area contributed by atoms with Crippen molar-refractivity contribution < 1.29 is 18.6 Å². The summed E-state index contributed by atoms with van der Waals surface area (Å²) in [4.78, 5) is 2.32. The van der Waals surface area contributed by atoms with E-state index >= 15 is 0 Å². The lowest BCUT2D eigenvalue weighted by Gasteiger charge is -2.29. The first-order chi connectivity index (χ1) is 16.0. The molecule has 0 aliphatic carbocycles. The van der Waals surface area contributed by atoms with Crippen LogP contribution in [0, 0.1) is 5.82 Å². The number of methoxy groups -OCH3 is 1. The van der Waals surface area contributed by atoms with E-state index in [1.165, 1.54) is 11.8 Å². The van der Waals surface area contributed by atoms with Crippen molar-refractivity contribution >= 4 is 38.9 Å². The Bertz CT molecular complexity index is 1070. The van der Waals surface area contributed by atoms with E-state index in [0.717, 1.165) is 42.0 Å². The molecular formula is C25H25BrClFN2O3. The number of rotatable bonds is 8. The van der Waals surface area contributed by atoms with E-state index in [1.54, 1.807) is 19.2 Å². The lowest BCUT2D eigenvalue weighted by molar-refractivity contribution is 0.122. The zero-order valence-corrected chi connectivity index (χ0v) is 20.6. The highest BCUT2D eigenvalue weighted by atomic mass is 79.9. The van der Waals surface area contributed by atoms with Crippen molar-refractivity contribution in [3.05, 3.63) is 81.0 Å². The lowest BCUT2D eigenvalue weighted by atomic mass is 10.2. The average Bonchev–Trinajstić information content (AvgIpc) is 2.84. The largest absolute Gasteiger partial charge is 0.493 e. The van der Waals surface area contributed by atoms with Crippen LogP contribution in [-0.2, 0) is 17.9 Å². The first-order valence-corrected chi connectivity index (χ1v) is 11.8. The van der Waals surface area contributed by atoms with Crippen LogP contribution in [0.2, 0.25) is 5.02 Å². The highest BCUT2D eigenvalue weighted by molar-refractivity contribution is 9.10. The van der Waals surface area contributed by atoms with Gasteiger partial charge >= 0.3 is 0 Å². The molecular weight excluding hydrogens is 511 g/mol. The Labute approximate surface area is 206 Å². The minimum Gasteiger partial charge on any atom is -0.493 e. The maximum absolute atomic E-state index is 14.0. The highest BCUT2D eigenvalue weighted by Crippen LogP contribution is 2.35. The summed E-state index contributed by atoms with van der Waals surface area (Å²) in [7, 11) is 1.58. The molecule has 4 rings (SSSR count). The molecule has 1 heterocycles. The SMILES string of the molecule is COc1cc(CNc2ccc(N3CCOCC3)cc2)c(Br)cc1OCc1c(F)cccc1Cl. The van der Waals surface area contributed by atoms with Crippen molar-refractivity contribution in [1.82, 2.24) is 0 Å². The fraction of sp³-hybridized carbons (Fsp3) is 0.280. The molecule has 0 spiro atoms. The molecule has 0 atom stereocenters. The van der Waals surface area contributed by atoms with Crippen molar-refractivity contribution in [1.29, 1.82) is 0 Å². The van der Waals surface area contributed by atoms with Gasteiger partial charge in [-0.3, -0.25) is 0 Å². The van der Waals surface area contributed by atoms with Crippen molar-refractivity contribution in [2.75, 3.05) is 43.6 Å². The topological polar surface area (TPSA) is 43.0 Å². The summed E-state index contributed by atoms with van der Waals surface area (Å²) in [5, 5.41) is 3.77. The van der Waals surface area contributed by atoms with Crippen LogP contribution >= 0.6 is 27.5 Å². The molecule has 0 amide bonds. The van der Waals surface area contributed by atoms with E-state index < -0.39 is 5.82 Å². The Balaban J connectivity index is 1.41. The van der Waals surface area contributed by atoms with E-state index in [-0.39, 0.29) is 6.61 Å². The molecule has 0 aromatic heterocycles. The molecule has 3 aromatic carbocycles. The molecule has 1 aliphatic heterocycles. The predicted octanol–water partition coefficient (Wildman–Crippen LogP) is 6.28. The molecule has 0 radical (unpaired) electrons. The smallest absolute Gasteiger partial charge is 0.162 e. The lowest BCUT2D eigenvalue weighted by Crippen LogP contribution is -2.36. The molecule has 0 saturated carbocycles. The van der Waals surface area contributed by atoms with Crippen LogP contribution in [0.1, 0.15) is 11.1 Å². The Kier molecular flexibility index (Phi) is 7.96. The maximum Gasteiger partial charge on any atom is 0.162 e. The van der Waals surface area contributed by atoms with Gasteiger partial charge in [0, 0.05) is 41.0 Å². The number of benzene rings is 3. The number of morpholine rings is 1. The number of halogens is 3. The predicted molar refractivity (Wildman–Crippen MR) is 133 cm³/mol. The van der Waals surface area contributed by atoms with E-state index in [1.807, 2.05) is 12.1 Å². The summed E-state index contributed by atoms with van der Waals surface area (Å²) >= 11 is 9.71. The van der Waals surface area contributed by atoms with Gasteiger partial charge in [-0.25, -0.2) is 4.39 Å². The zero-order valence-electron chi connectivity index (χ0n) is 18.2. The van der Waals surface area contributed by atoms with Gasteiger partial charge in [-0.2, -0.15) is 0 Å². The Hall–Kier alpha value is -2.48. The third-order valence-electron chi connectivity index (χ3n) is 5.49. The molecule has 5 nitrogen and oxygen atoms in total. The summed E-state index contributed by atoms with van der Waals surface area (Å²) in [6.45, 7) is 3.95. The Morgan fingerprint density at radius 3 is 2.55 bits per heavy atom. The van der Waals surface area contributed by atoms with E-state index in [2.05, 4.69) is 50.4 Å². The zero-order chi connectivity index (χ0) is 23.2. The van der Waals surface area contributed by atoms with Crippen molar-refractivity contribution in [2.45, 2.75) is 13.2 Å². The fourth-order valence-corrected chi connectivity index (χ4v) is 4.29. The molecule has 0 unspecified atom stereocenters. The molecule has 174 valence electrons. The van der Waals surface area contributed by atoms with Gasteiger partial charge < -0.3 is 24.4 Å². The van der Waals surface area contributed by atoms with Gasteiger partial charge in [0.15, 0.2) is 11.5 Å².